The van der Waals surface area contributed by atoms with Gasteiger partial charge >= 0.3 is 0 Å². The highest BCUT2D eigenvalue weighted by Crippen LogP contribution is 2.45. The zero-order valence-electron chi connectivity index (χ0n) is 16.5. The van der Waals surface area contributed by atoms with Crippen LogP contribution in [0.2, 0.25) is 0 Å². The number of carbonyl (C=O) groups excluding carboxylic acids is 2. The van der Waals surface area contributed by atoms with E-state index >= 15 is 0 Å². The van der Waals surface area contributed by atoms with Gasteiger partial charge in [0.05, 0.1) is 0 Å². The van der Waals surface area contributed by atoms with Crippen molar-refractivity contribution in [2.75, 3.05) is 13.1 Å². The second-order valence-electron chi connectivity index (χ2n) is 8.43. The first-order chi connectivity index (χ1) is 14.2. The Hall–Kier alpha value is -2.77. The van der Waals surface area contributed by atoms with Crippen LogP contribution in [0.3, 0.4) is 0 Å². The van der Waals surface area contributed by atoms with Gasteiger partial charge in [0, 0.05) is 50.9 Å². The Labute approximate surface area is 169 Å². The molecule has 8 heteroatoms. The topological polar surface area (TPSA) is 93.0 Å². The highest BCUT2D eigenvalue weighted by atomic mass is 16.2. The Balaban J connectivity index is 1.21. The van der Waals surface area contributed by atoms with Gasteiger partial charge in [-0.2, -0.15) is 0 Å². The largest absolute Gasteiger partial charge is 0.352 e. The predicted octanol–water partition coefficient (Wildman–Crippen LogP) is 1.42. The quantitative estimate of drug-likeness (QED) is 0.847. The number of hydrogen-bond donors (Lipinski definition) is 1. The van der Waals surface area contributed by atoms with Crippen LogP contribution in [0, 0.1) is 17.8 Å². The molecule has 2 aromatic rings. The molecule has 3 aliphatic rings. The van der Waals surface area contributed by atoms with E-state index in [-0.39, 0.29) is 23.7 Å². The van der Waals surface area contributed by atoms with Crippen LogP contribution in [0.15, 0.2) is 24.5 Å². The minimum atomic E-state index is -0.0366. The highest BCUT2D eigenvalue weighted by Gasteiger charge is 2.48. The molecule has 5 rings (SSSR count). The number of hydrogen-bond acceptors (Lipinski definition) is 5. The third kappa shape index (κ3) is 3.41. The molecule has 8 nitrogen and oxygen atoms in total. The van der Waals surface area contributed by atoms with E-state index in [9.17, 15) is 9.59 Å². The molecule has 3 atom stereocenters. The summed E-state index contributed by atoms with van der Waals surface area (Å²) >= 11 is 0. The number of amides is 2. The van der Waals surface area contributed by atoms with Gasteiger partial charge < -0.3 is 14.8 Å². The molecule has 0 radical (unpaired) electrons. The van der Waals surface area contributed by atoms with E-state index in [2.05, 4.69) is 20.5 Å². The number of nitrogens with one attached hydrogen (secondary N) is 1. The smallest absolute Gasteiger partial charge is 0.291 e. The summed E-state index contributed by atoms with van der Waals surface area (Å²) in [6.07, 6.45) is 8.44. The zero-order valence-corrected chi connectivity index (χ0v) is 16.5. The lowest BCUT2D eigenvalue weighted by Gasteiger charge is -2.50. The van der Waals surface area contributed by atoms with Crippen molar-refractivity contribution in [2.45, 2.75) is 45.2 Å². The molecule has 0 unspecified atom stereocenters. The van der Waals surface area contributed by atoms with Crippen molar-refractivity contribution in [3.8, 4) is 0 Å². The first-order valence-corrected chi connectivity index (χ1v) is 10.6. The summed E-state index contributed by atoms with van der Waals surface area (Å²) in [5.74, 6) is 2.21. The monoisotopic (exact) mass is 394 g/mol. The lowest BCUT2D eigenvalue weighted by atomic mass is 9.61. The summed E-state index contributed by atoms with van der Waals surface area (Å²) in [4.78, 5) is 31.7. The van der Waals surface area contributed by atoms with Crippen molar-refractivity contribution in [3.63, 3.8) is 0 Å². The molecule has 1 saturated heterocycles. The third-order valence-corrected chi connectivity index (χ3v) is 6.74. The standard InChI is InChI=1S/C21H26N6O2/c28-20(23-12-14-4-3-7-22-11-14)16-10-15-6-9-26(13-17(15)16)21(29)19-25-24-18-5-1-2-8-27(18)19/h3-4,7,11,15-17H,1-2,5-6,8-10,12-13H2,(H,23,28)/t15-,16-,17-/m1/s1. The Bertz CT molecular complexity index is 911. The van der Waals surface area contributed by atoms with Crippen LogP contribution < -0.4 is 5.32 Å². The molecule has 0 spiro atoms. The van der Waals surface area contributed by atoms with Crippen LogP contribution in [-0.4, -0.2) is 49.6 Å². The number of pyridine rings is 1. The first-order valence-electron chi connectivity index (χ1n) is 10.6. The molecule has 2 aromatic heterocycles. The Morgan fingerprint density at radius 3 is 3.00 bits per heavy atom. The molecule has 2 aliphatic heterocycles. The van der Waals surface area contributed by atoms with Crippen LogP contribution in [0.25, 0.3) is 0 Å². The normalized spacial score (nSPS) is 25.5. The van der Waals surface area contributed by atoms with Crippen molar-refractivity contribution >= 4 is 11.8 Å². The van der Waals surface area contributed by atoms with Gasteiger partial charge in [-0.05, 0) is 49.1 Å². The van der Waals surface area contributed by atoms with Crippen molar-refractivity contribution in [2.24, 2.45) is 17.8 Å². The van der Waals surface area contributed by atoms with Gasteiger partial charge in [-0.1, -0.05) is 6.07 Å². The SMILES string of the molecule is O=C(NCc1cccnc1)[C@@H]1C[C@H]2CCN(C(=O)c3nnc4n3CCCC4)C[C@H]21. The fraction of sp³-hybridized carbons (Fsp3) is 0.571. The molecule has 2 amide bonds. The number of rotatable bonds is 4. The maximum absolute atomic E-state index is 13.1. The van der Waals surface area contributed by atoms with Gasteiger partial charge in [-0.25, -0.2) is 0 Å². The second-order valence-corrected chi connectivity index (χ2v) is 8.43. The number of nitrogens with zero attached hydrogens (tertiary/aromatic N) is 5. The average Bonchev–Trinajstić information content (AvgIpc) is 3.17. The molecule has 0 bridgehead atoms. The van der Waals surface area contributed by atoms with Crippen LogP contribution in [0.1, 0.15) is 47.7 Å². The van der Waals surface area contributed by atoms with Gasteiger partial charge in [-0.3, -0.25) is 14.6 Å². The number of aromatic nitrogens is 4. The molecule has 2 fully saturated rings. The van der Waals surface area contributed by atoms with E-state index in [0.717, 1.165) is 56.6 Å². The number of likely N-dealkylation sites (tertiary alicyclic amines) is 1. The van der Waals surface area contributed by atoms with Crippen molar-refractivity contribution < 1.29 is 9.59 Å². The lowest BCUT2D eigenvalue weighted by molar-refractivity contribution is -0.136. The molecular formula is C21H26N6O2. The van der Waals surface area contributed by atoms with E-state index in [1.165, 1.54) is 0 Å². The predicted molar refractivity (Wildman–Crippen MR) is 105 cm³/mol. The third-order valence-electron chi connectivity index (χ3n) is 6.74. The fourth-order valence-corrected chi connectivity index (χ4v) is 5.00. The highest BCUT2D eigenvalue weighted by molar-refractivity contribution is 5.91. The molecule has 1 aliphatic carbocycles. The minimum absolute atomic E-state index is 0.0143. The summed E-state index contributed by atoms with van der Waals surface area (Å²) in [6, 6.07) is 3.83. The summed E-state index contributed by atoms with van der Waals surface area (Å²) in [6.45, 7) is 2.70. The van der Waals surface area contributed by atoms with Gasteiger partial charge in [0.15, 0.2) is 0 Å². The van der Waals surface area contributed by atoms with Crippen molar-refractivity contribution in [1.29, 1.82) is 0 Å². The van der Waals surface area contributed by atoms with Crippen molar-refractivity contribution in [1.82, 2.24) is 30.0 Å². The number of aryl methyl sites for hydroxylation is 1. The van der Waals surface area contributed by atoms with Crippen LogP contribution >= 0.6 is 0 Å². The number of fused-ring (bicyclic) bond motifs is 2. The average molecular weight is 394 g/mol. The summed E-state index contributed by atoms with van der Waals surface area (Å²) < 4.78 is 1.98. The van der Waals surface area contributed by atoms with Gasteiger partial charge in [0.25, 0.3) is 5.91 Å². The lowest BCUT2D eigenvalue weighted by Crippen LogP contribution is -2.56. The molecule has 152 valence electrons. The molecule has 29 heavy (non-hydrogen) atoms. The van der Waals surface area contributed by atoms with Gasteiger partial charge in [0.2, 0.25) is 11.7 Å². The van der Waals surface area contributed by atoms with E-state index < -0.39 is 0 Å². The summed E-state index contributed by atoms with van der Waals surface area (Å²) in [5.41, 5.74) is 0.994. The number of piperidine rings is 1. The Morgan fingerprint density at radius 1 is 1.21 bits per heavy atom. The first kappa shape index (κ1) is 18.3. The molecule has 4 heterocycles. The summed E-state index contributed by atoms with van der Waals surface area (Å²) in [5, 5.41) is 11.4. The maximum atomic E-state index is 13.1. The Kier molecular flexibility index (Phi) is 4.77. The molecular weight excluding hydrogens is 368 g/mol. The van der Waals surface area contributed by atoms with E-state index in [1.807, 2.05) is 21.6 Å². The summed E-state index contributed by atoms with van der Waals surface area (Å²) in [7, 11) is 0. The van der Waals surface area contributed by atoms with Crippen LogP contribution in [0.5, 0.6) is 0 Å². The van der Waals surface area contributed by atoms with Gasteiger partial charge in [0.1, 0.15) is 5.82 Å². The van der Waals surface area contributed by atoms with E-state index in [1.54, 1.807) is 12.4 Å². The second kappa shape index (κ2) is 7.57. The molecule has 1 saturated carbocycles. The van der Waals surface area contributed by atoms with E-state index in [4.69, 9.17) is 0 Å². The van der Waals surface area contributed by atoms with Gasteiger partial charge in [-0.15, -0.1) is 10.2 Å². The molecule has 1 N–H and O–H groups in total. The zero-order chi connectivity index (χ0) is 19.8. The van der Waals surface area contributed by atoms with Crippen LogP contribution in [0.4, 0.5) is 0 Å². The maximum Gasteiger partial charge on any atom is 0.291 e. The molecule has 0 aromatic carbocycles. The van der Waals surface area contributed by atoms with Crippen LogP contribution in [-0.2, 0) is 24.3 Å². The fourth-order valence-electron chi connectivity index (χ4n) is 5.00. The van der Waals surface area contributed by atoms with Crippen molar-refractivity contribution in [3.05, 3.63) is 41.7 Å². The Morgan fingerprint density at radius 2 is 2.14 bits per heavy atom. The minimum Gasteiger partial charge on any atom is -0.352 e. The van der Waals surface area contributed by atoms with E-state index in [0.29, 0.717) is 24.8 Å². The number of carbonyl (C=O) groups is 2.